The molecule has 0 unspecified atom stereocenters. The molecule has 0 aliphatic heterocycles. The fourth-order valence-electron chi connectivity index (χ4n) is 1.05. The molecule has 0 aromatic heterocycles. The van der Waals surface area contributed by atoms with Crippen molar-refractivity contribution in [3.05, 3.63) is 0 Å². The molecule has 0 bridgehead atoms. The van der Waals surface area contributed by atoms with Gasteiger partial charge in [-0.3, -0.25) is 4.79 Å². The summed E-state index contributed by atoms with van der Waals surface area (Å²) in [5.41, 5.74) is 0. The number of esters is 1. The maximum absolute atomic E-state index is 12.1. The van der Waals surface area contributed by atoms with E-state index < -0.39 is 20.7 Å². The summed E-state index contributed by atoms with van der Waals surface area (Å²) in [5, 5.41) is 0. The third kappa shape index (κ3) is 2.74. The smallest absolute Gasteiger partial charge is 0.328 e. The van der Waals surface area contributed by atoms with Gasteiger partial charge < -0.3 is 4.74 Å². The van der Waals surface area contributed by atoms with E-state index in [1.807, 2.05) is 0 Å². The van der Waals surface area contributed by atoms with Crippen LogP contribution in [0.15, 0.2) is 0 Å². The van der Waals surface area contributed by atoms with Crippen molar-refractivity contribution in [2.45, 2.75) is 45.4 Å². The lowest BCUT2D eigenvalue weighted by Gasteiger charge is -2.30. The average molecular weight is 251 g/mol. The van der Waals surface area contributed by atoms with Gasteiger partial charge in [0.1, 0.15) is 0 Å². The SMILES string of the molecule is CCOC(=O)C(C)(C)S(=O)(=O)N(C)C(C)C. The number of carbonyl (C=O) groups excluding carboxylic acids is 1. The Morgan fingerprint density at radius 1 is 1.38 bits per heavy atom. The zero-order valence-electron chi connectivity index (χ0n) is 10.8. The Hall–Kier alpha value is -0.620. The molecule has 0 aliphatic carbocycles. The van der Waals surface area contributed by atoms with Crippen molar-refractivity contribution in [3.63, 3.8) is 0 Å². The van der Waals surface area contributed by atoms with Gasteiger partial charge >= 0.3 is 5.97 Å². The van der Waals surface area contributed by atoms with Crippen molar-refractivity contribution in [2.24, 2.45) is 0 Å². The Morgan fingerprint density at radius 3 is 2.12 bits per heavy atom. The number of hydrogen-bond donors (Lipinski definition) is 0. The molecule has 96 valence electrons. The van der Waals surface area contributed by atoms with Crippen molar-refractivity contribution >= 4 is 16.0 Å². The van der Waals surface area contributed by atoms with Gasteiger partial charge in [-0.25, -0.2) is 12.7 Å². The van der Waals surface area contributed by atoms with E-state index in [0.29, 0.717) is 0 Å². The van der Waals surface area contributed by atoms with Crippen LogP contribution < -0.4 is 0 Å². The largest absolute Gasteiger partial charge is 0.465 e. The molecule has 0 N–H and O–H groups in total. The number of rotatable bonds is 5. The topological polar surface area (TPSA) is 63.7 Å². The van der Waals surface area contributed by atoms with Crippen LogP contribution in [-0.4, -0.2) is 43.1 Å². The lowest BCUT2D eigenvalue weighted by atomic mass is 10.2. The van der Waals surface area contributed by atoms with E-state index in [4.69, 9.17) is 4.74 Å². The number of carbonyl (C=O) groups is 1. The predicted molar refractivity (Wildman–Crippen MR) is 62.5 cm³/mol. The Labute approximate surface area is 97.8 Å². The number of hydrogen-bond acceptors (Lipinski definition) is 4. The summed E-state index contributed by atoms with van der Waals surface area (Å²) in [7, 11) is -2.24. The minimum Gasteiger partial charge on any atom is -0.465 e. The monoisotopic (exact) mass is 251 g/mol. The van der Waals surface area contributed by atoms with Gasteiger partial charge in [0.25, 0.3) is 0 Å². The average Bonchev–Trinajstić information content (AvgIpc) is 2.16. The molecule has 0 atom stereocenters. The van der Waals surface area contributed by atoms with E-state index in [-0.39, 0.29) is 12.6 Å². The van der Waals surface area contributed by atoms with E-state index >= 15 is 0 Å². The minimum atomic E-state index is -3.70. The fraction of sp³-hybridized carbons (Fsp3) is 0.900. The van der Waals surface area contributed by atoms with E-state index in [9.17, 15) is 13.2 Å². The van der Waals surface area contributed by atoms with Crippen molar-refractivity contribution in [3.8, 4) is 0 Å². The van der Waals surface area contributed by atoms with Gasteiger partial charge in [-0.15, -0.1) is 0 Å². The first-order chi connectivity index (χ1) is 7.09. The Morgan fingerprint density at radius 2 is 1.81 bits per heavy atom. The van der Waals surface area contributed by atoms with Gasteiger partial charge in [0.15, 0.2) is 4.75 Å². The molecule has 0 aromatic rings. The highest BCUT2D eigenvalue weighted by Crippen LogP contribution is 2.23. The molecule has 16 heavy (non-hydrogen) atoms. The van der Waals surface area contributed by atoms with E-state index in [1.165, 1.54) is 25.2 Å². The van der Waals surface area contributed by atoms with Crippen molar-refractivity contribution in [1.29, 1.82) is 0 Å². The standard InChI is InChI=1S/C10H21NO4S/c1-7-15-9(12)10(4,5)16(13,14)11(6)8(2)3/h8H,7H2,1-6H3. The Kier molecular flexibility index (Phi) is 4.94. The predicted octanol–water partition coefficient (Wildman–Crippen LogP) is 0.998. The Balaban J connectivity index is 5.22. The zero-order chi connectivity index (χ0) is 13.1. The second-order valence-corrected chi connectivity index (χ2v) is 6.89. The molecule has 0 rings (SSSR count). The van der Waals surface area contributed by atoms with Gasteiger partial charge in [-0.1, -0.05) is 0 Å². The highest BCUT2D eigenvalue weighted by atomic mass is 32.2. The lowest BCUT2D eigenvalue weighted by Crippen LogP contribution is -2.50. The first kappa shape index (κ1) is 15.4. The molecule has 0 saturated heterocycles. The van der Waals surface area contributed by atoms with Crippen molar-refractivity contribution in [2.75, 3.05) is 13.7 Å². The molecular formula is C10H21NO4S. The molecule has 0 amide bonds. The third-order valence-corrected chi connectivity index (χ3v) is 5.15. The molecule has 0 spiro atoms. The Bertz CT molecular complexity index is 346. The minimum absolute atomic E-state index is 0.170. The fourth-order valence-corrected chi connectivity index (χ4v) is 2.59. The summed E-state index contributed by atoms with van der Waals surface area (Å²) in [5.74, 6) is -0.720. The first-order valence-electron chi connectivity index (χ1n) is 5.23. The van der Waals surface area contributed by atoms with Gasteiger partial charge in [-0.2, -0.15) is 0 Å². The van der Waals surface area contributed by atoms with Crippen LogP contribution >= 0.6 is 0 Å². The van der Waals surface area contributed by atoms with Gasteiger partial charge in [0, 0.05) is 13.1 Å². The molecule has 0 aliphatic rings. The summed E-state index contributed by atoms with van der Waals surface area (Å²) in [6, 6.07) is -0.196. The number of ether oxygens (including phenoxy) is 1. The molecular weight excluding hydrogens is 230 g/mol. The van der Waals surface area contributed by atoms with Crippen LogP contribution in [0.3, 0.4) is 0 Å². The van der Waals surface area contributed by atoms with Crippen molar-refractivity contribution < 1.29 is 17.9 Å². The second-order valence-electron chi connectivity index (χ2n) is 4.35. The molecule has 6 heteroatoms. The summed E-state index contributed by atoms with van der Waals surface area (Å²) in [6.07, 6.45) is 0. The summed E-state index contributed by atoms with van der Waals surface area (Å²) in [6.45, 7) is 8.03. The van der Waals surface area contributed by atoms with Gasteiger partial charge in [0.2, 0.25) is 10.0 Å². The van der Waals surface area contributed by atoms with Crippen LogP contribution in [0.5, 0.6) is 0 Å². The first-order valence-corrected chi connectivity index (χ1v) is 6.67. The van der Waals surface area contributed by atoms with Crippen LogP contribution in [-0.2, 0) is 19.6 Å². The maximum atomic E-state index is 12.1. The van der Waals surface area contributed by atoms with E-state index in [1.54, 1.807) is 20.8 Å². The number of sulfonamides is 1. The zero-order valence-corrected chi connectivity index (χ0v) is 11.6. The van der Waals surface area contributed by atoms with Gasteiger partial charge in [-0.05, 0) is 34.6 Å². The summed E-state index contributed by atoms with van der Waals surface area (Å²) >= 11 is 0. The second kappa shape index (κ2) is 5.14. The van der Waals surface area contributed by atoms with E-state index in [0.717, 1.165) is 0 Å². The summed E-state index contributed by atoms with van der Waals surface area (Å²) in [4.78, 5) is 11.6. The van der Waals surface area contributed by atoms with Crippen LogP contribution in [0, 0.1) is 0 Å². The van der Waals surface area contributed by atoms with Crippen LogP contribution in [0.1, 0.15) is 34.6 Å². The van der Waals surface area contributed by atoms with Crippen LogP contribution in [0.25, 0.3) is 0 Å². The highest BCUT2D eigenvalue weighted by molar-refractivity contribution is 7.91. The van der Waals surface area contributed by atoms with Crippen LogP contribution in [0.2, 0.25) is 0 Å². The quantitative estimate of drug-likeness (QED) is 0.684. The van der Waals surface area contributed by atoms with E-state index in [2.05, 4.69) is 0 Å². The lowest BCUT2D eigenvalue weighted by molar-refractivity contribution is -0.145. The molecule has 0 saturated carbocycles. The molecule has 0 radical (unpaired) electrons. The summed E-state index contributed by atoms with van der Waals surface area (Å²) < 4.78 is 28.7. The normalized spacial score (nSPS) is 13.2. The highest BCUT2D eigenvalue weighted by Gasteiger charge is 2.46. The number of nitrogens with zero attached hydrogens (tertiary/aromatic N) is 1. The third-order valence-electron chi connectivity index (χ3n) is 2.52. The molecule has 0 fully saturated rings. The molecule has 0 heterocycles. The van der Waals surface area contributed by atoms with Crippen molar-refractivity contribution in [1.82, 2.24) is 4.31 Å². The maximum Gasteiger partial charge on any atom is 0.328 e. The van der Waals surface area contributed by atoms with Gasteiger partial charge in [0.05, 0.1) is 6.61 Å². The molecule has 5 nitrogen and oxygen atoms in total. The molecule has 0 aromatic carbocycles. The van der Waals surface area contributed by atoms with Crippen LogP contribution in [0.4, 0.5) is 0 Å².